The van der Waals surface area contributed by atoms with Crippen LogP contribution in [0.5, 0.6) is 11.5 Å². The number of ether oxygens (including phenoxy) is 3. The molecule has 1 saturated heterocycles. The number of carbonyl (C=O) groups is 1. The number of amides is 1. The first-order valence-corrected chi connectivity index (χ1v) is 11.8. The van der Waals surface area contributed by atoms with Crippen LogP contribution in [-0.4, -0.2) is 69.6 Å². The van der Waals surface area contributed by atoms with Crippen LogP contribution in [0.3, 0.4) is 0 Å². The first-order chi connectivity index (χ1) is 15.0. The second-order valence-corrected chi connectivity index (χ2v) is 9.24. The van der Waals surface area contributed by atoms with Crippen LogP contribution in [0.1, 0.15) is 22.8 Å². The molecule has 0 aliphatic carbocycles. The summed E-state index contributed by atoms with van der Waals surface area (Å²) in [6.45, 7) is 5.00. The van der Waals surface area contributed by atoms with Gasteiger partial charge in [-0.3, -0.25) is 4.79 Å². The van der Waals surface area contributed by atoms with E-state index >= 15 is 0 Å². The summed E-state index contributed by atoms with van der Waals surface area (Å²) in [5.41, 5.74) is 1.18. The van der Waals surface area contributed by atoms with Crippen molar-refractivity contribution in [3.05, 3.63) is 53.6 Å². The fourth-order valence-electron chi connectivity index (χ4n) is 3.70. The van der Waals surface area contributed by atoms with Gasteiger partial charge in [0.15, 0.2) is 11.5 Å². The second-order valence-electron chi connectivity index (χ2n) is 7.30. The summed E-state index contributed by atoms with van der Waals surface area (Å²) < 4.78 is 44.0. The van der Waals surface area contributed by atoms with Gasteiger partial charge in [0, 0.05) is 37.3 Å². The van der Waals surface area contributed by atoms with E-state index in [1.807, 2.05) is 25.1 Å². The van der Waals surface area contributed by atoms with E-state index in [9.17, 15) is 13.2 Å². The summed E-state index contributed by atoms with van der Waals surface area (Å²) in [6.07, 6.45) is 0. The lowest BCUT2D eigenvalue weighted by Crippen LogP contribution is -2.40. The molecule has 0 spiro atoms. The zero-order valence-electron chi connectivity index (χ0n) is 17.5. The molecule has 0 bridgehead atoms. The van der Waals surface area contributed by atoms with Crippen LogP contribution in [-0.2, 0) is 21.3 Å². The van der Waals surface area contributed by atoms with Crippen molar-refractivity contribution >= 4 is 15.9 Å². The molecule has 1 fully saturated rings. The minimum atomic E-state index is -3.68. The molecular weight excluding hydrogens is 420 g/mol. The molecule has 1 amide bonds. The Kier molecular flexibility index (Phi) is 6.45. The Morgan fingerprint density at radius 3 is 2.55 bits per heavy atom. The van der Waals surface area contributed by atoms with Crippen LogP contribution in [0.2, 0.25) is 0 Å². The van der Waals surface area contributed by atoms with E-state index in [1.165, 1.54) is 16.4 Å². The number of hydrogen-bond donors (Lipinski definition) is 0. The summed E-state index contributed by atoms with van der Waals surface area (Å²) in [4.78, 5) is 15.0. The number of nitrogens with zero attached hydrogens (tertiary/aromatic N) is 2. The number of morpholine rings is 1. The van der Waals surface area contributed by atoms with E-state index in [0.717, 1.165) is 5.56 Å². The third-order valence-corrected chi connectivity index (χ3v) is 7.26. The van der Waals surface area contributed by atoms with Crippen molar-refractivity contribution in [2.24, 2.45) is 0 Å². The SMILES string of the molecule is CCN(Cc1cccc2c1OCCO2)C(=O)c1cccc(S(=O)(=O)N2CCOCC2)c1. The zero-order valence-corrected chi connectivity index (χ0v) is 18.3. The van der Waals surface area contributed by atoms with Gasteiger partial charge in [0.1, 0.15) is 13.2 Å². The zero-order chi connectivity index (χ0) is 21.8. The molecule has 8 nitrogen and oxygen atoms in total. The molecule has 0 radical (unpaired) electrons. The molecule has 166 valence electrons. The minimum Gasteiger partial charge on any atom is -0.486 e. The number of hydrogen-bond acceptors (Lipinski definition) is 6. The molecule has 2 aliphatic rings. The summed E-state index contributed by atoms with van der Waals surface area (Å²) in [6, 6.07) is 11.8. The van der Waals surface area contributed by atoms with Gasteiger partial charge in [0.25, 0.3) is 5.91 Å². The molecule has 0 atom stereocenters. The average Bonchev–Trinajstić information content (AvgIpc) is 2.83. The fourth-order valence-corrected chi connectivity index (χ4v) is 5.15. The van der Waals surface area contributed by atoms with Gasteiger partial charge in [-0.15, -0.1) is 0 Å². The number of benzene rings is 2. The Bertz CT molecular complexity index is 1050. The molecule has 0 aromatic heterocycles. The number of rotatable bonds is 6. The molecule has 0 N–H and O–H groups in total. The lowest BCUT2D eigenvalue weighted by molar-refractivity contribution is 0.0729. The third-order valence-electron chi connectivity index (χ3n) is 5.37. The van der Waals surface area contributed by atoms with Crippen LogP contribution in [0.4, 0.5) is 0 Å². The highest BCUT2D eigenvalue weighted by Gasteiger charge is 2.27. The molecule has 2 aromatic rings. The lowest BCUT2D eigenvalue weighted by Gasteiger charge is -2.27. The number of para-hydroxylation sites is 1. The molecule has 2 heterocycles. The summed E-state index contributed by atoms with van der Waals surface area (Å²) >= 11 is 0. The molecule has 0 saturated carbocycles. The highest BCUT2D eigenvalue weighted by atomic mass is 32.2. The Morgan fingerprint density at radius 2 is 1.77 bits per heavy atom. The molecule has 4 rings (SSSR count). The summed E-state index contributed by atoms with van der Waals surface area (Å²) in [5, 5.41) is 0. The largest absolute Gasteiger partial charge is 0.486 e. The first kappa shape index (κ1) is 21.6. The maximum absolute atomic E-state index is 13.2. The van der Waals surface area contributed by atoms with Crippen molar-refractivity contribution in [1.82, 2.24) is 9.21 Å². The van der Waals surface area contributed by atoms with Crippen molar-refractivity contribution in [1.29, 1.82) is 0 Å². The van der Waals surface area contributed by atoms with Gasteiger partial charge in [-0.1, -0.05) is 18.2 Å². The summed E-state index contributed by atoms with van der Waals surface area (Å²) in [7, 11) is -3.68. The Hall–Kier alpha value is -2.62. The predicted octanol–water partition coefficient (Wildman–Crippen LogP) is 2.14. The van der Waals surface area contributed by atoms with Gasteiger partial charge in [-0.25, -0.2) is 8.42 Å². The highest BCUT2D eigenvalue weighted by Crippen LogP contribution is 2.34. The van der Waals surface area contributed by atoms with E-state index in [1.54, 1.807) is 17.0 Å². The molecule has 2 aromatic carbocycles. The molecule has 9 heteroatoms. The van der Waals surface area contributed by atoms with Gasteiger partial charge < -0.3 is 19.1 Å². The van der Waals surface area contributed by atoms with Gasteiger partial charge in [-0.2, -0.15) is 4.31 Å². The van der Waals surface area contributed by atoms with Gasteiger partial charge in [0.05, 0.1) is 18.1 Å². The van der Waals surface area contributed by atoms with Gasteiger partial charge in [-0.05, 0) is 31.2 Å². The van der Waals surface area contributed by atoms with Gasteiger partial charge in [0.2, 0.25) is 10.0 Å². The Balaban J connectivity index is 1.56. The van der Waals surface area contributed by atoms with E-state index in [4.69, 9.17) is 14.2 Å². The maximum Gasteiger partial charge on any atom is 0.254 e. The van der Waals surface area contributed by atoms with Crippen LogP contribution in [0.15, 0.2) is 47.4 Å². The Morgan fingerprint density at radius 1 is 1.03 bits per heavy atom. The van der Waals surface area contributed by atoms with E-state index in [-0.39, 0.29) is 10.8 Å². The number of carbonyl (C=O) groups excluding carboxylic acids is 1. The number of sulfonamides is 1. The molecular formula is C22H26N2O6S. The van der Waals surface area contributed by atoms with Crippen LogP contribution in [0.25, 0.3) is 0 Å². The van der Waals surface area contributed by atoms with E-state index in [0.29, 0.717) is 69.7 Å². The van der Waals surface area contributed by atoms with Crippen molar-refractivity contribution in [2.75, 3.05) is 46.1 Å². The van der Waals surface area contributed by atoms with Crippen molar-refractivity contribution in [2.45, 2.75) is 18.4 Å². The third kappa shape index (κ3) is 4.53. The highest BCUT2D eigenvalue weighted by molar-refractivity contribution is 7.89. The smallest absolute Gasteiger partial charge is 0.254 e. The number of fused-ring (bicyclic) bond motifs is 1. The van der Waals surface area contributed by atoms with Crippen LogP contribution in [0, 0.1) is 0 Å². The topological polar surface area (TPSA) is 85.4 Å². The van der Waals surface area contributed by atoms with Crippen LogP contribution >= 0.6 is 0 Å². The molecule has 2 aliphatic heterocycles. The molecule has 0 unspecified atom stereocenters. The monoisotopic (exact) mass is 446 g/mol. The quantitative estimate of drug-likeness (QED) is 0.676. The Labute approximate surface area is 182 Å². The summed E-state index contributed by atoms with van der Waals surface area (Å²) in [5.74, 6) is 1.09. The molecule has 31 heavy (non-hydrogen) atoms. The van der Waals surface area contributed by atoms with Gasteiger partial charge >= 0.3 is 0 Å². The minimum absolute atomic E-state index is 0.116. The van der Waals surface area contributed by atoms with Crippen molar-refractivity contribution < 1.29 is 27.4 Å². The average molecular weight is 447 g/mol. The maximum atomic E-state index is 13.2. The second kappa shape index (κ2) is 9.25. The lowest BCUT2D eigenvalue weighted by atomic mass is 10.1. The first-order valence-electron chi connectivity index (χ1n) is 10.4. The normalized spacial score (nSPS) is 16.7. The van der Waals surface area contributed by atoms with Crippen LogP contribution < -0.4 is 9.47 Å². The van der Waals surface area contributed by atoms with E-state index < -0.39 is 10.0 Å². The fraction of sp³-hybridized carbons (Fsp3) is 0.409. The predicted molar refractivity (Wildman–Crippen MR) is 114 cm³/mol. The van der Waals surface area contributed by atoms with E-state index in [2.05, 4.69) is 0 Å². The van der Waals surface area contributed by atoms with Crippen molar-refractivity contribution in [3.63, 3.8) is 0 Å². The standard InChI is InChI=1S/C22H26N2O6S/c1-2-23(16-18-6-4-8-20-21(18)30-14-13-29-20)22(25)17-5-3-7-19(15-17)31(26,27)24-9-11-28-12-10-24/h3-8,15H,2,9-14,16H2,1H3. The van der Waals surface area contributed by atoms with Crippen molar-refractivity contribution in [3.8, 4) is 11.5 Å².